The minimum atomic E-state index is -0.401. The molecule has 0 spiro atoms. The Bertz CT molecular complexity index is 217. The molecular formula is C14H29NO3. The second kappa shape index (κ2) is 8.10. The summed E-state index contributed by atoms with van der Waals surface area (Å²) in [5.41, 5.74) is 0.199. The number of nitrogens with one attached hydrogen (secondary N) is 1. The van der Waals surface area contributed by atoms with Crippen LogP contribution in [0.5, 0.6) is 0 Å². The van der Waals surface area contributed by atoms with Crippen LogP contribution in [0.3, 0.4) is 0 Å². The maximum absolute atomic E-state index is 9.74. The predicted octanol–water partition coefficient (Wildman–Crippen LogP) is 1.43. The third-order valence-corrected chi connectivity index (χ3v) is 3.33. The van der Waals surface area contributed by atoms with Gasteiger partial charge in [-0.25, -0.2) is 0 Å². The second-order valence-corrected chi connectivity index (χ2v) is 6.17. The molecule has 0 aromatic rings. The first kappa shape index (κ1) is 15.9. The Hall–Kier alpha value is -0.160. The first-order valence-electron chi connectivity index (χ1n) is 6.99. The summed E-state index contributed by atoms with van der Waals surface area (Å²) in [5.74, 6) is 0.762. The molecule has 1 atom stereocenters. The monoisotopic (exact) mass is 259 g/mol. The summed E-state index contributed by atoms with van der Waals surface area (Å²) in [6.45, 7) is 7.93. The van der Waals surface area contributed by atoms with Crippen molar-refractivity contribution in [2.45, 2.75) is 39.2 Å². The van der Waals surface area contributed by atoms with Crippen LogP contribution in [0.4, 0.5) is 0 Å². The van der Waals surface area contributed by atoms with Gasteiger partial charge in [0.25, 0.3) is 0 Å². The summed E-state index contributed by atoms with van der Waals surface area (Å²) in [6.07, 6.45) is 3.21. The predicted molar refractivity (Wildman–Crippen MR) is 72.7 cm³/mol. The number of aliphatic hydroxyl groups excluding tert-OH is 1. The van der Waals surface area contributed by atoms with Crippen LogP contribution in [-0.4, -0.2) is 51.2 Å². The first-order valence-corrected chi connectivity index (χ1v) is 6.99. The minimum Gasteiger partial charge on any atom is -0.389 e. The highest BCUT2D eigenvalue weighted by atomic mass is 16.5. The van der Waals surface area contributed by atoms with Gasteiger partial charge in [-0.15, -0.1) is 0 Å². The molecule has 0 aliphatic heterocycles. The third-order valence-electron chi connectivity index (χ3n) is 3.33. The number of hydrogen-bond donors (Lipinski definition) is 2. The lowest BCUT2D eigenvalue weighted by atomic mass is 9.90. The van der Waals surface area contributed by atoms with Gasteiger partial charge in [-0.3, -0.25) is 0 Å². The Morgan fingerprint density at radius 1 is 1.39 bits per heavy atom. The molecule has 1 fully saturated rings. The summed E-state index contributed by atoms with van der Waals surface area (Å²) < 4.78 is 10.5. The fourth-order valence-electron chi connectivity index (χ4n) is 1.76. The molecule has 0 heterocycles. The van der Waals surface area contributed by atoms with Crippen LogP contribution >= 0.6 is 0 Å². The van der Waals surface area contributed by atoms with Gasteiger partial charge in [0, 0.05) is 33.4 Å². The highest BCUT2D eigenvalue weighted by Gasteiger charge is 2.22. The van der Waals surface area contributed by atoms with E-state index < -0.39 is 6.10 Å². The lowest BCUT2D eigenvalue weighted by Gasteiger charge is -2.25. The SMILES string of the molecule is COCCC(C)(C)CNCC(O)COCC1CC1. The van der Waals surface area contributed by atoms with Gasteiger partial charge in [-0.2, -0.15) is 0 Å². The lowest BCUT2D eigenvalue weighted by Crippen LogP contribution is -2.37. The smallest absolute Gasteiger partial charge is 0.0897 e. The maximum atomic E-state index is 9.74. The molecule has 0 radical (unpaired) electrons. The number of aliphatic hydroxyl groups is 1. The zero-order valence-corrected chi connectivity index (χ0v) is 12.1. The molecule has 0 aromatic carbocycles. The van der Waals surface area contributed by atoms with Crippen LogP contribution in [0, 0.1) is 11.3 Å². The Morgan fingerprint density at radius 2 is 2.11 bits per heavy atom. The molecule has 4 heteroatoms. The molecular weight excluding hydrogens is 230 g/mol. The van der Waals surface area contributed by atoms with E-state index in [4.69, 9.17) is 9.47 Å². The van der Waals surface area contributed by atoms with Crippen molar-refractivity contribution in [2.75, 3.05) is 40.0 Å². The average molecular weight is 259 g/mol. The van der Waals surface area contributed by atoms with Gasteiger partial charge in [0.05, 0.1) is 12.7 Å². The van der Waals surface area contributed by atoms with Crippen molar-refractivity contribution >= 4 is 0 Å². The van der Waals surface area contributed by atoms with Crippen LogP contribution in [0.25, 0.3) is 0 Å². The zero-order chi connectivity index (χ0) is 13.4. The molecule has 0 amide bonds. The van der Waals surface area contributed by atoms with E-state index in [1.54, 1.807) is 7.11 Å². The van der Waals surface area contributed by atoms with Crippen LogP contribution in [0.15, 0.2) is 0 Å². The molecule has 4 nitrogen and oxygen atoms in total. The van der Waals surface area contributed by atoms with Crippen molar-refractivity contribution in [2.24, 2.45) is 11.3 Å². The lowest BCUT2D eigenvalue weighted by molar-refractivity contribution is 0.0311. The van der Waals surface area contributed by atoms with Crippen molar-refractivity contribution in [1.29, 1.82) is 0 Å². The number of hydrogen-bond acceptors (Lipinski definition) is 4. The van der Waals surface area contributed by atoms with E-state index in [1.807, 2.05) is 0 Å². The zero-order valence-electron chi connectivity index (χ0n) is 12.1. The summed E-state index contributed by atoms with van der Waals surface area (Å²) in [6, 6.07) is 0. The van der Waals surface area contributed by atoms with Gasteiger partial charge in [0.2, 0.25) is 0 Å². The van der Waals surface area contributed by atoms with Crippen LogP contribution < -0.4 is 5.32 Å². The van der Waals surface area contributed by atoms with Crippen molar-refractivity contribution in [3.05, 3.63) is 0 Å². The molecule has 1 saturated carbocycles. The fourth-order valence-corrected chi connectivity index (χ4v) is 1.76. The highest BCUT2D eigenvalue weighted by molar-refractivity contribution is 4.74. The van der Waals surface area contributed by atoms with Crippen molar-refractivity contribution < 1.29 is 14.6 Å². The van der Waals surface area contributed by atoms with E-state index in [9.17, 15) is 5.11 Å². The topological polar surface area (TPSA) is 50.7 Å². The molecule has 2 N–H and O–H groups in total. The quantitative estimate of drug-likeness (QED) is 0.589. The van der Waals surface area contributed by atoms with Crippen molar-refractivity contribution in [3.8, 4) is 0 Å². The minimum absolute atomic E-state index is 0.199. The first-order chi connectivity index (χ1) is 8.53. The molecule has 1 rings (SSSR count). The number of rotatable bonds is 11. The second-order valence-electron chi connectivity index (χ2n) is 6.17. The number of ether oxygens (including phenoxy) is 2. The molecule has 108 valence electrons. The van der Waals surface area contributed by atoms with Gasteiger partial charge in [0.15, 0.2) is 0 Å². The maximum Gasteiger partial charge on any atom is 0.0897 e. The van der Waals surface area contributed by atoms with E-state index in [0.29, 0.717) is 13.2 Å². The molecule has 1 aliphatic rings. The molecule has 0 saturated heterocycles. The highest BCUT2D eigenvalue weighted by Crippen LogP contribution is 2.28. The van der Waals surface area contributed by atoms with E-state index >= 15 is 0 Å². The van der Waals surface area contributed by atoms with Crippen molar-refractivity contribution in [1.82, 2.24) is 5.32 Å². The standard InChI is InChI=1S/C14H29NO3/c1-14(2,6-7-17-3)11-15-8-13(16)10-18-9-12-4-5-12/h12-13,15-16H,4-11H2,1-3H3. The Morgan fingerprint density at radius 3 is 2.72 bits per heavy atom. The Kier molecular flexibility index (Phi) is 7.15. The normalized spacial score (nSPS) is 18.0. The largest absolute Gasteiger partial charge is 0.389 e. The van der Waals surface area contributed by atoms with Crippen LogP contribution in [-0.2, 0) is 9.47 Å². The van der Waals surface area contributed by atoms with Gasteiger partial charge in [-0.1, -0.05) is 13.8 Å². The summed E-state index contributed by atoms with van der Waals surface area (Å²) in [7, 11) is 1.73. The average Bonchev–Trinajstić information content (AvgIpc) is 3.10. The Balaban J connectivity index is 1.97. The summed E-state index contributed by atoms with van der Waals surface area (Å²) in [5, 5.41) is 13.0. The van der Waals surface area contributed by atoms with E-state index in [0.717, 1.165) is 32.1 Å². The molecule has 0 aromatic heterocycles. The van der Waals surface area contributed by atoms with Crippen LogP contribution in [0.1, 0.15) is 33.1 Å². The van der Waals surface area contributed by atoms with Gasteiger partial charge in [0.1, 0.15) is 0 Å². The van der Waals surface area contributed by atoms with Gasteiger partial charge >= 0.3 is 0 Å². The molecule has 1 aliphatic carbocycles. The fraction of sp³-hybridized carbons (Fsp3) is 1.00. The van der Waals surface area contributed by atoms with E-state index in [2.05, 4.69) is 19.2 Å². The van der Waals surface area contributed by atoms with E-state index in [-0.39, 0.29) is 5.41 Å². The van der Waals surface area contributed by atoms with Gasteiger partial charge < -0.3 is 19.9 Å². The van der Waals surface area contributed by atoms with Gasteiger partial charge in [-0.05, 0) is 30.6 Å². The third kappa shape index (κ3) is 8.03. The molecule has 0 bridgehead atoms. The number of methoxy groups -OCH3 is 1. The molecule has 1 unspecified atom stereocenters. The van der Waals surface area contributed by atoms with Crippen molar-refractivity contribution in [3.63, 3.8) is 0 Å². The Labute approximate surface area is 111 Å². The molecule has 18 heavy (non-hydrogen) atoms. The summed E-state index contributed by atoms with van der Waals surface area (Å²) in [4.78, 5) is 0. The summed E-state index contributed by atoms with van der Waals surface area (Å²) >= 11 is 0. The van der Waals surface area contributed by atoms with E-state index in [1.165, 1.54) is 12.8 Å². The van der Waals surface area contributed by atoms with Crippen LogP contribution in [0.2, 0.25) is 0 Å².